The number of phenolic OH excluding ortho intramolecular Hbond substituents is 1. The van der Waals surface area contributed by atoms with Crippen LogP contribution in [0.25, 0.3) is 10.9 Å². The van der Waals surface area contributed by atoms with Gasteiger partial charge in [0.05, 0.1) is 18.1 Å². The number of hydrogen-bond donors (Lipinski definition) is 4. The highest BCUT2D eigenvalue weighted by Crippen LogP contribution is 2.21. The van der Waals surface area contributed by atoms with Gasteiger partial charge in [-0.3, -0.25) is 9.89 Å². The Morgan fingerprint density at radius 1 is 1.16 bits per heavy atom. The number of carbonyl (C=O) groups excluding carboxylic acids is 1. The average Bonchev–Trinajstić information content (AvgIpc) is 3.22. The van der Waals surface area contributed by atoms with Crippen molar-refractivity contribution in [3.05, 3.63) is 59.8 Å². The minimum Gasteiger partial charge on any atom is -0.508 e. The zero-order valence-electron chi connectivity index (χ0n) is 16.8. The van der Waals surface area contributed by atoms with Crippen molar-refractivity contribution in [2.24, 2.45) is 0 Å². The summed E-state index contributed by atoms with van der Waals surface area (Å²) >= 11 is 0. The van der Waals surface area contributed by atoms with Crippen LogP contribution < -0.4 is 5.32 Å². The molecule has 1 fully saturated rings. The van der Waals surface area contributed by atoms with E-state index in [9.17, 15) is 23.1 Å². The number of aromatic nitrogens is 2. The van der Waals surface area contributed by atoms with Crippen LogP contribution in [-0.4, -0.2) is 63.0 Å². The van der Waals surface area contributed by atoms with E-state index in [-0.39, 0.29) is 17.7 Å². The molecule has 0 bridgehead atoms. The van der Waals surface area contributed by atoms with Gasteiger partial charge in [-0.15, -0.1) is 0 Å². The number of H-pyrrole nitrogens is 1. The molecule has 0 spiro atoms. The molecule has 170 valence electrons. The first-order valence-electron chi connectivity index (χ1n) is 9.65. The molecular formula is C21H21F3N4O4. The number of carbonyl (C=O) groups is 2. The summed E-state index contributed by atoms with van der Waals surface area (Å²) in [5.41, 5.74) is 3.02. The number of alkyl halides is 3. The number of phenols is 1. The number of nitrogens with zero attached hydrogens (tertiary/aromatic N) is 2. The third-order valence-electron chi connectivity index (χ3n) is 4.93. The molecule has 4 N–H and O–H groups in total. The number of fused-ring (bicyclic) bond motifs is 1. The molecular weight excluding hydrogens is 429 g/mol. The van der Waals surface area contributed by atoms with E-state index in [0.717, 1.165) is 28.6 Å². The predicted molar refractivity (Wildman–Crippen MR) is 109 cm³/mol. The van der Waals surface area contributed by atoms with Crippen LogP contribution in [0.3, 0.4) is 0 Å². The van der Waals surface area contributed by atoms with Crippen LogP contribution in [0.4, 0.5) is 13.2 Å². The van der Waals surface area contributed by atoms with Crippen LogP contribution in [-0.2, 0) is 16.0 Å². The Morgan fingerprint density at radius 3 is 2.50 bits per heavy atom. The van der Waals surface area contributed by atoms with Gasteiger partial charge in [-0.25, -0.2) is 4.79 Å². The number of benzene rings is 2. The van der Waals surface area contributed by atoms with E-state index < -0.39 is 12.1 Å². The monoisotopic (exact) mass is 450 g/mol. The Labute approximate surface area is 180 Å². The Balaban J connectivity index is 0.000000360. The third-order valence-corrected chi connectivity index (χ3v) is 4.93. The highest BCUT2D eigenvalue weighted by molar-refractivity contribution is 5.83. The van der Waals surface area contributed by atoms with Crippen molar-refractivity contribution < 1.29 is 33.0 Å². The second kappa shape index (κ2) is 9.69. The lowest BCUT2D eigenvalue weighted by Crippen LogP contribution is -2.48. The Hall–Kier alpha value is -3.60. The molecule has 2 aromatic carbocycles. The predicted octanol–water partition coefficient (Wildman–Crippen LogP) is 2.62. The zero-order valence-corrected chi connectivity index (χ0v) is 16.8. The number of nitrogens with one attached hydrogen (secondary N) is 2. The van der Waals surface area contributed by atoms with E-state index in [4.69, 9.17) is 9.90 Å². The van der Waals surface area contributed by atoms with Gasteiger partial charge in [0, 0.05) is 31.1 Å². The summed E-state index contributed by atoms with van der Waals surface area (Å²) in [6.45, 7) is 2.10. The topological polar surface area (TPSA) is 119 Å². The van der Waals surface area contributed by atoms with Crippen LogP contribution >= 0.6 is 0 Å². The molecule has 11 heteroatoms. The van der Waals surface area contributed by atoms with Gasteiger partial charge in [-0.05, 0) is 29.3 Å². The van der Waals surface area contributed by atoms with E-state index in [0.29, 0.717) is 19.5 Å². The molecule has 1 aliphatic rings. The van der Waals surface area contributed by atoms with Crippen molar-refractivity contribution in [1.29, 1.82) is 0 Å². The van der Waals surface area contributed by atoms with Crippen molar-refractivity contribution >= 4 is 22.8 Å². The van der Waals surface area contributed by atoms with Gasteiger partial charge in [-0.2, -0.15) is 18.3 Å². The molecule has 0 saturated carbocycles. The summed E-state index contributed by atoms with van der Waals surface area (Å²) in [5, 5.41) is 28.0. The normalized spacial score (nSPS) is 16.3. The van der Waals surface area contributed by atoms with Gasteiger partial charge < -0.3 is 20.4 Å². The second-order valence-corrected chi connectivity index (χ2v) is 7.21. The second-order valence-electron chi connectivity index (χ2n) is 7.21. The molecule has 4 rings (SSSR count). The number of aliphatic carboxylic acids is 1. The van der Waals surface area contributed by atoms with Gasteiger partial charge in [0.2, 0.25) is 5.91 Å². The van der Waals surface area contributed by atoms with Gasteiger partial charge in [0.25, 0.3) is 0 Å². The number of piperazine rings is 1. The summed E-state index contributed by atoms with van der Waals surface area (Å²) in [6, 6.07) is 13.2. The maximum absolute atomic E-state index is 12.7. The fraction of sp³-hybridized carbons (Fsp3) is 0.286. The Morgan fingerprint density at radius 2 is 1.84 bits per heavy atom. The minimum absolute atomic E-state index is 0.0911. The summed E-state index contributed by atoms with van der Waals surface area (Å²) in [4.78, 5) is 23.5. The molecule has 1 unspecified atom stereocenters. The fourth-order valence-corrected chi connectivity index (χ4v) is 3.29. The fourth-order valence-electron chi connectivity index (χ4n) is 3.29. The standard InChI is InChI=1S/C19H20N4O2.C2HF3O2/c24-16-5-3-14(4-6-16)18-12-23(8-7-20-18)19(25)10-13-1-2-15-11-21-22-17(15)9-13;3-2(4,5)1(6)7/h1-6,9,11,18,20,24H,7-8,10,12H2,(H,21,22);(H,6,7). The first-order chi connectivity index (χ1) is 15.1. The number of carboxylic acid groups (broad SMARTS) is 1. The molecule has 3 aromatic rings. The van der Waals surface area contributed by atoms with E-state index in [1.54, 1.807) is 18.3 Å². The summed E-state index contributed by atoms with van der Waals surface area (Å²) in [5.74, 6) is -2.38. The first-order valence-corrected chi connectivity index (χ1v) is 9.65. The van der Waals surface area contributed by atoms with Crippen molar-refractivity contribution in [1.82, 2.24) is 20.4 Å². The molecule has 1 aromatic heterocycles. The van der Waals surface area contributed by atoms with E-state index >= 15 is 0 Å². The van der Waals surface area contributed by atoms with Crippen molar-refractivity contribution in [2.45, 2.75) is 18.6 Å². The lowest BCUT2D eigenvalue weighted by molar-refractivity contribution is -0.192. The Kier molecular flexibility index (Phi) is 6.98. The maximum atomic E-state index is 12.7. The number of aromatic amines is 1. The molecule has 1 amide bonds. The van der Waals surface area contributed by atoms with Crippen LogP contribution in [0.15, 0.2) is 48.7 Å². The zero-order chi connectivity index (χ0) is 23.3. The molecule has 2 heterocycles. The van der Waals surface area contributed by atoms with Crippen LogP contribution in [0, 0.1) is 0 Å². The van der Waals surface area contributed by atoms with E-state index in [1.807, 2.05) is 35.2 Å². The highest BCUT2D eigenvalue weighted by atomic mass is 19.4. The molecule has 1 aliphatic heterocycles. The van der Waals surface area contributed by atoms with Gasteiger partial charge in [0.15, 0.2) is 0 Å². The Bertz CT molecular complexity index is 1080. The number of aromatic hydroxyl groups is 1. The quantitative estimate of drug-likeness (QED) is 0.487. The highest BCUT2D eigenvalue weighted by Gasteiger charge is 2.38. The summed E-state index contributed by atoms with van der Waals surface area (Å²) in [7, 11) is 0. The van der Waals surface area contributed by atoms with Crippen molar-refractivity contribution in [3.8, 4) is 5.75 Å². The number of amides is 1. The molecule has 32 heavy (non-hydrogen) atoms. The van der Waals surface area contributed by atoms with Crippen molar-refractivity contribution in [2.75, 3.05) is 19.6 Å². The summed E-state index contributed by atoms with van der Waals surface area (Å²) in [6.07, 6.45) is -2.92. The van der Waals surface area contributed by atoms with Gasteiger partial charge in [0.1, 0.15) is 5.75 Å². The maximum Gasteiger partial charge on any atom is 0.490 e. The largest absolute Gasteiger partial charge is 0.508 e. The molecule has 1 saturated heterocycles. The van der Waals surface area contributed by atoms with Crippen LogP contribution in [0.1, 0.15) is 17.2 Å². The minimum atomic E-state index is -5.08. The lowest BCUT2D eigenvalue weighted by atomic mass is 10.0. The van der Waals surface area contributed by atoms with Crippen molar-refractivity contribution in [3.63, 3.8) is 0 Å². The lowest BCUT2D eigenvalue weighted by Gasteiger charge is -2.34. The van der Waals surface area contributed by atoms with E-state index in [1.165, 1.54) is 0 Å². The van der Waals surface area contributed by atoms with Gasteiger partial charge in [-0.1, -0.05) is 24.3 Å². The summed E-state index contributed by atoms with van der Waals surface area (Å²) < 4.78 is 31.7. The average molecular weight is 450 g/mol. The number of carboxylic acids is 1. The number of rotatable bonds is 3. The molecule has 1 atom stereocenters. The SMILES string of the molecule is O=C(Cc1ccc2cn[nH]c2c1)N1CCNC(c2ccc(O)cc2)C1.O=C(O)C(F)(F)F. The molecule has 8 nitrogen and oxygen atoms in total. The smallest absolute Gasteiger partial charge is 0.490 e. The third kappa shape index (κ3) is 5.97. The first kappa shape index (κ1) is 23.1. The van der Waals surface area contributed by atoms with E-state index in [2.05, 4.69) is 15.5 Å². The molecule has 0 aliphatic carbocycles. The number of hydrogen-bond acceptors (Lipinski definition) is 5. The van der Waals surface area contributed by atoms with Crippen LogP contribution in [0.2, 0.25) is 0 Å². The number of halogens is 3. The van der Waals surface area contributed by atoms with Gasteiger partial charge >= 0.3 is 12.1 Å². The molecule has 0 radical (unpaired) electrons. The van der Waals surface area contributed by atoms with Crippen LogP contribution in [0.5, 0.6) is 5.75 Å².